The molecule has 7 heteroatoms. The Morgan fingerprint density at radius 1 is 1.35 bits per heavy atom. The topological polar surface area (TPSA) is 55.4 Å². The van der Waals surface area contributed by atoms with Crippen LogP contribution in [-0.4, -0.2) is 15.0 Å². The number of fused-ring (bicyclic) bond motifs is 1. The lowest BCUT2D eigenvalue weighted by atomic mass is 10.0. The van der Waals surface area contributed by atoms with Gasteiger partial charge in [0.2, 0.25) is 0 Å². The van der Waals surface area contributed by atoms with E-state index in [1.807, 2.05) is 0 Å². The summed E-state index contributed by atoms with van der Waals surface area (Å²) in [4.78, 5) is 0. The summed E-state index contributed by atoms with van der Waals surface area (Å²) in [6, 6.07) is 8.24. The molecule has 1 unspecified atom stereocenters. The van der Waals surface area contributed by atoms with Crippen molar-refractivity contribution < 1.29 is 13.2 Å². The fraction of sp³-hybridized carbons (Fsp3) is 0.231. The predicted molar refractivity (Wildman–Crippen MR) is 78.9 cm³/mol. The van der Waals surface area contributed by atoms with Crippen LogP contribution in [0.15, 0.2) is 39.9 Å². The zero-order valence-corrected chi connectivity index (χ0v) is 12.8. The van der Waals surface area contributed by atoms with Crippen LogP contribution in [0.4, 0.5) is 0 Å². The Morgan fingerprint density at radius 3 is 2.95 bits per heavy atom. The summed E-state index contributed by atoms with van der Waals surface area (Å²) in [6.07, 6.45) is 0.581. The van der Waals surface area contributed by atoms with E-state index >= 15 is 0 Å². The quantitative estimate of drug-likeness (QED) is 0.940. The monoisotopic (exact) mass is 329 g/mol. The molecule has 1 aromatic heterocycles. The minimum Gasteiger partial charge on any atom is -0.493 e. The standard InChI is InChI=1S/C13H12ClNO3S2/c14-9-3-4-12-10(8-9)11(5-6-18-12)15-20(16,17)13-2-1-7-19-13/h1-4,7-8,11,15H,5-6H2. The van der Waals surface area contributed by atoms with Gasteiger partial charge in [-0.15, -0.1) is 11.3 Å². The lowest BCUT2D eigenvalue weighted by molar-refractivity contribution is 0.263. The van der Waals surface area contributed by atoms with E-state index in [9.17, 15) is 8.42 Å². The zero-order valence-electron chi connectivity index (χ0n) is 10.4. The molecule has 3 rings (SSSR count). The first-order chi connectivity index (χ1) is 9.56. The van der Waals surface area contributed by atoms with Crippen molar-refractivity contribution in [2.75, 3.05) is 6.61 Å². The predicted octanol–water partition coefficient (Wildman–Crippen LogP) is 3.20. The molecule has 4 nitrogen and oxygen atoms in total. The highest BCUT2D eigenvalue weighted by molar-refractivity contribution is 7.91. The normalized spacial score (nSPS) is 18.4. The van der Waals surface area contributed by atoms with Crippen LogP contribution < -0.4 is 9.46 Å². The fourth-order valence-corrected chi connectivity index (χ4v) is 4.59. The van der Waals surface area contributed by atoms with Gasteiger partial charge in [-0.25, -0.2) is 13.1 Å². The summed E-state index contributed by atoms with van der Waals surface area (Å²) >= 11 is 7.18. The first-order valence-corrected chi connectivity index (χ1v) is 8.78. The van der Waals surface area contributed by atoms with Crippen molar-refractivity contribution in [3.8, 4) is 5.75 Å². The summed E-state index contributed by atoms with van der Waals surface area (Å²) in [5, 5.41) is 2.30. The maximum absolute atomic E-state index is 12.3. The molecule has 1 atom stereocenters. The number of halogens is 1. The number of hydrogen-bond acceptors (Lipinski definition) is 4. The average molecular weight is 330 g/mol. The second-order valence-electron chi connectivity index (χ2n) is 4.43. The summed E-state index contributed by atoms with van der Waals surface area (Å²) in [5.74, 6) is 0.680. The molecule has 0 amide bonds. The number of nitrogens with one attached hydrogen (secondary N) is 1. The highest BCUT2D eigenvalue weighted by atomic mass is 35.5. The van der Waals surface area contributed by atoms with E-state index in [0.29, 0.717) is 28.0 Å². The van der Waals surface area contributed by atoms with Crippen molar-refractivity contribution >= 4 is 33.0 Å². The van der Waals surface area contributed by atoms with E-state index in [0.717, 1.165) is 5.56 Å². The zero-order chi connectivity index (χ0) is 14.2. The number of sulfonamides is 1. The van der Waals surface area contributed by atoms with Gasteiger partial charge in [-0.1, -0.05) is 17.7 Å². The largest absolute Gasteiger partial charge is 0.493 e. The SMILES string of the molecule is O=S(=O)(NC1CCOc2ccc(Cl)cc21)c1cccs1. The summed E-state index contributed by atoms with van der Waals surface area (Å²) < 4.78 is 33.1. The Balaban J connectivity index is 1.92. The van der Waals surface area contributed by atoms with Gasteiger partial charge in [0.15, 0.2) is 0 Å². The molecule has 0 bridgehead atoms. The molecule has 1 aromatic carbocycles. The molecule has 1 aliphatic rings. The maximum Gasteiger partial charge on any atom is 0.250 e. The molecule has 20 heavy (non-hydrogen) atoms. The van der Waals surface area contributed by atoms with E-state index in [1.165, 1.54) is 11.3 Å². The first-order valence-electron chi connectivity index (χ1n) is 6.04. The summed E-state index contributed by atoms with van der Waals surface area (Å²) in [5.41, 5.74) is 0.781. The van der Waals surface area contributed by atoms with Crippen molar-refractivity contribution in [3.05, 3.63) is 46.3 Å². The van der Waals surface area contributed by atoms with Crippen LogP contribution >= 0.6 is 22.9 Å². The molecular weight excluding hydrogens is 318 g/mol. The van der Waals surface area contributed by atoms with Gasteiger partial charge in [0.05, 0.1) is 12.6 Å². The first kappa shape index (κ1) is 13.9. The van der Waals surface area contributed by atoms with E-state index in [2.05, 4.69) is 4.72 Å². The molecule has 0 aliphatic carbocycles. The molecule has 2 aromatic rings. The van der Waals surface area contributed by atoms with E-state index in [1.54, 1.807) is 35.7 Å². The lowest BCUT2D eigenvalue weighted by Gasteiger charge is -2.26. The third kappa shape index (κ3) is 2.69. The van der Waals surface area contributed by atoms with E-state index < -0.39 is 10.0 Å². The third-order valence-electron chi connectivity index (χ3n) is 3.07. The molecular formula is C13H12ClNO3S2. The minimum absolute atomic E-state index is 0.313. The van der Waals surface area contributed by atoms with Gasteiger partial charge < -0.3 is 4.74 Å². The maximum atomic E-state index is 12.3. The molecule has 2 heterocycles. The van der Waals surface area contributed by atoms with Crippen LogP contribution in [0.1, 0.15) is 18.0 Å². The van der Waals surface area contributed by atoms with Gasteiger partial charge >= 0.3 is 0 Å². The second kappa shape index (κ2) is 5.37. The number of ether oxygens (including phenoxy) is 1. The van der Waals surface area contributed by atoms with Gasteiger partial charge in [-0.05, 0) is 29.6 Å². The van der Waals surface area contributed by atoms with E-state index in [4.69, 9.17) is 16.3 Å². The Hall–Kier alpha value is -1.08. The van der Waals surface area contributed by atoms with Crippen LogP contribution in [0, 0.1) is 0 Å². The molecule has 106 valence electrons. The summed E-state index contributed by atoms with van der Waals surface area (Å²) in [7, 11) is -3.50. The Labute approximate surface area is 126 Å². The molecule has 1 aliphatic heterocycles. The Morgan fingerprint density at radius 2 is 2.20 bits per heavy atom. The number of benzene rings is 1. The van der Waals surface area contributed by atoms with Gasteiger partial charge in [-0.2, -0.15) is 0 Å². The van der Waals surface area contributed by atoms with Crippen LogP contribution in [0.2, 0.25) is 5.02 Å². The second-order valence-corrected chi connectivity index (χ2v) is 7.75. The van der Waals surface area contributed by atoms with Gasteiger partial charge in [-0.3, -0.25) is 0 Å². The average Bonchev–Trinajstić information content (AvgIpc) is 2.94. The van der Waals surface area contributed by atoms with Crippen LogP contribution in [0.25, 0.3) is 0 Å². The van der Waals surface area contributed by atoms with Crippen molar-refractivity contribution in [1.82, 2.24) is 4.72 Å². The van der Waals surface area contributed by atoms with Gasteiger partial charge in [0, 0.05) is 17.0 Å². The third-order valence-corrected chi connectivity index (χ3v) is 6.17. The molecule has 0 fully saturated rings. The number of hydrogen-bond donors (Lipinski definition) is 1. The number of rotatable bonds is 3. The molecule has 0 saturated carbocycles. The molecule has 0 radical (unpaired) electrons. The van der Waals surface area contributed by atoms with Crippen LogP contribution in [0.3, 0.4) is 0 Å². The van der Waals surface area contributed by atoms with Crippen LogP contribution in [-0.2, 0) is 10.0 Å². The highest BCUT2D eigenvalue weighted by Crippen LogP contribution is 2.35. The Kier molecular flexibility index (Phi) is 3.72. The lowest BCUT2D eigenvalue weighted by Crippen LogP contribution is -2.31. The molecule has 1 N–H and O–H groups in total. The fourth-order valence-electron chi connectivity index (χ4n) is 2.15. The van der Waals surface area contributed by atoms with Crippen molar-refractivity contribution in [1.29, 1.82) is 0 Å². The van der Waals surface area contributed by atoms with Crippen molar-refractivity contribution in [3.63, 3.8) is 0 Å². The van der Waals surface area contributed by atoms with Crippen molar-refractivity contribution in [2.45, 2.75) is 16.7 Å². The summed E-state index contributed by atoms with van der Waals surface area (Å²) in [6.45, 7) is 0.478. The highest BCUT2D eigenvalue weighted by Gasteiger charge is 2.27. The minimum atomic E-state index is -3.50. The molecule has 0 spiro atoms. The van der Waals surface area contributed by atoms with Gasteiger partial charge in [0.1, 0.15) is 9.96 Å². The number of thiophene rings is 1. The van der Waals surface area contributed by atoms with E-state index in [-0.39, 0.29) is 6.04 Å². The van der Waals surface area contributed by atoms with Crippen LogP contribution in [0.5, 0.6) is 5.75 Å². The van der Waals surface area contributed by atoms with Gasteiger partial charge in [0.25, 0.3) is 10.0 Å². The molecule has 0 saturated heterocycles. The smallest absolute Gasteiger partial charge is 0.250 e. The Bertz CT molecular complexity index is 713. The van der Waals surface area contributed by atoms with Crippen molar-refractivity contribution in [2.24, 2.45) is 0 Å².